The smallest absolute Gasteiger partial charge is 0.372 e. The summed E-state index contributed by atoms with van der Waals surface area (Å²) in [6.07, 6.45) is -4.61. The minimum Gasteiger partial charge on any atom is -0.372 e. The van der Waals surface area contributed by atoms with Gasteiger partial charge in [0, 0.05) is 12.0 Å². The third-order valence-electron chi connectivity index (χ3n) is 2.24. The predicted octanol–water partition coefficient (Wildman–Crippen LogP) is 3.29. The summed E-state index contributed by atoms with van der Waals surface area (Å²) in [5.74, 6) is -0.991. The summed E-state index contributed by atoms with van der Waals surface area (Å²) < 4.78 is 52.5. The second-order valence-corrected chi connectivity index (χ2v) is 3.80. The van der Waals surface area contributed by atoms with Crippen molar-refractivity contribution in [2.24, 2.45) is 0 Å². The fourth-order valence-electron chi connectivity index (χ4n) is 1.38. The average Bonchev–Trinajstić information content (AvgIpc) is 2.26. The molecule has 0 aromatic heterocycles. The van der Waals surface area contributed by atoms with Gasteiger partial charge in [0.15, 0.2) is 5.78 Å². The summed E-state index contributed by atoms with van der Waals surface area (Å²) in [7, 11) is 0. The first-order valence-corrected chi connectivity index (χ1v) is 5.23. The number of aryl methyl sites for hydroxylation is 1. The van der Waals surface area contributed by atoms with E-state index >= 15 is 0 Å². The van der Waals surface area contributed by atoms with Crippen LogP contribution >= 0.6 is 0 Å². The maximum Gasteiger partial charge on any atom is 0.411 e. The monoisotopic (exact) mass is 264 g/mol. The quantitative estimate of drug-likeness (QED) is 0.463. The third kappa shape index (κ3) is 4.83. The number of benzene rings is 1. The highest BCUT2D eigenvalue weighted by Crippen LogP contribution is 2.15. The van der Waals surface area contributed by atoms with Crippen molar-refractivity contribution in [2.75, 3.05) is 13.2 Å². The molecule has 18 heavy (non-hydrogen) atoms. The van der Waals surface area contributed by atoms with E-state index in [4.69, 9.17) is 0 Å². The number of ketones is 1. The number of hydrogen-bond donors (Lipinski definition) is 0. The van der Waals surface area contributed by atoms with Crippen LogP contribution in [-0.4, -0.2) is 25.2 Å². The van der Waals surface area contributed by atoms with Crippen molar-refractivity contribution in [1.82, 2.24) is 0 Å². The van der Waals surface area contributed by atoms with Crippen LogP contribution in [0.25, 0.3) is 0 Å². The molecular formula is C12H12F4O2. The number of hydrogen-bond acceptors (Lipinski definition) is 2. The lowest BCUT2D eigenvalue weighted by Crippen LogP contribution is -2.18. The van der Waals surface area contributed by atoms with E-state index in [0.717, 1.165) is 6.07 Å². The maximum atomic E-state index is 12.9. The molecule has 0 saturated heterocycles. The van der Waals surface area contributed by atoms with E-state index in [2.05, 4.69) is 4.74 Å². The molecule has 0 radical (unpaired) electrons. The first-order valence-electron chi connectivity index (χ1n) is 5.23. The zero-order valence-electron chi connectivity index (χ0n) is 9.68. The molecule has 1 aromatic rings. The Morgan fingerprint density at radius 2 is 2.00 bits per heavy atom. The minimum atomic E-state index is -4.40. The number of halogens is 4. The molecule has 0 spiro atoms. The number of alkyl halides is 3. The van der Waals surface area contributed by atoms with Crippen molar-refractivity contribution >= 4 is 5.78 Å². The lowest BCUT2D eigenvalue weighted by atomic mass is 10.0. The molecular weight excluding hydrogens is 252 g/mol. The van der Waals surface area contributed by atoms with Crippen LogP contribution in [0.1, 0.15) is 22.3 Å². The molecule has 0 bridgehead atoms. The fourth-order valence-corrected chi connectivity index (χ4v) is 1.38. The second kappa shape index (κ2) is 5.95. The number of Topliss-reactive ketones (excluding diaryl/α,β-unsaturated/α-hetero) is 1. The first kappa shape index (κ1) is 14.6. The highest BCUT2D eigenvalue weighted by Gasteiger charge is 2.27. The average molecular weight is 264 g/mol. The van der Waals surface area contributed by atoms with Gasteiger partial charge >= 0.3 is 6.18 Å². The van der Waals surface area contributed by atoms with Crippen molar-refractivity contribution in [3.63, 3.8) is 0 Å². The summed E-state index contributed by atoms with van der Waals surface area (Å²) in [6, 6.07) is 3.73. The Kier molecular flexibility index (Phi) is 4.84. The van der Waals surface area contributed by atoms with Crippen LogP contribution in [0.4, 0.5) is 17.6 Å². The van der Waals surface area contributed by atoms with E-state index < -0.39 is 24.4 Å². The van der Waals surface area contributed by atoms with Gasteiger partial charge in [-0.25, -0.2) is 4.39 Å². The van der Waals surface area contributed by atoms with Crippen LogP contribution in [0.2, 0.25) is 0 Å². The highest BCUT2D eigenvalue weighted by atomic mass is 19.4. The molecule has 100 valence electrons. The van der Waals surface area contributed by atoms with Gasteiger partial charge in [0.2, 0.25) is 0 Å². The Labute approximate surface area is 102 Å². The normalized spacial score (nSPS) is 11.6. The van der Waals surface area contributed by atoms with Gasteiger partial charge < -0.3 is 4.74 Å². The van der Waals surface area contributed by atoms with Crippen molar-refractivity contribution < 1.29 is 27.1 Å². The van der Waals surface area contributed by atoms with Crippen LogP contribution in [-0.2, 0) is 4.74 Å². The Bertz CT molecular complexity index is 427. The summed E-state index contributed by atoms with van der Waals surface area (Å²) >= 11 is 0. The first-order chi connectivity index (χ1) is 8.29. The van der Waals surface area contributed by atoms with Gasteiger partial charge in [0.05, 0.1) is 6.61 Å². The predicted molar refractivity (Wildman–Crippen MR) is 57.0 cm³/mol. The van der Waals surface area contributed by atoms with Crippen LogP contribution < -0.4 is 0 Å². The van der Waals surface area contributed by atoms with E-state index in [1.807, 2.05) is 0 Å². The van der Waals surface area contributed by atoms with Crippen molar-refractivity contribution in [3.8, 4) is 0 Å². The van der Waals surface area contributed by atoms with E-state index in [1.165, 1.54) is 12.1 Å². The van der Waals surface area contributed by atoms with Gasteiger partial charge in [-0.3, -0.25) is 4.79 Å². The molecule has 0 saturated carbocycles. The van der Waals surface area contributed by atoms with Crippen molar-refractivity contribution in [2.45, 2.75) is 19.5 Å². The lowest BCUT2D eigenvalue weighted by molar-refractivity contribution is -0.173. The van der Waals surface area contributed by atoms with Gasteiger partial charge in [-0.15, -0.1) is 0 Å². The number of rotatable bonds is 5. The molecule has 0 unspecified atom stereocenters. The molecule has 0 heterocycles. The van der Waals surface area contributed by atoms with Crippen LogP contribution in [0.15, 0.2) is 18.2 Å². The molecule has 1 aromatic carbocycles. The number of carbonyl (C=O) groups excluding carboxylic acids is 1. The van der Waals surface area contributed by atoms with E-state index in [9.17, 15) is 22.4 Å². The molecule has 0 fully saturated rings. The summed E-state index contributed by atoms with van der Waals surface area (Å²) in [5.41, 5.74) is 0.753. The van der Waals surface area contributed by atoms with Crippen LogP contribution in [0.3, 0.4) is 0 Å². The van der Waals surface area contributed by atoms with Gasteiger partial charge in [0.1, 0.15) is 12.4 Å². The highest BCUT2D eigenvalue weighted by molar-refractivity contribution is 5.97. The van der Waals surface area contributed by atoms with Crippen molar-refractivity contribution in [1.29, 1.82) is 0 Å². The second-order valence-electron chi connectivity index (χ2n) is 3.80. The van der Waals surface area contributed by atoms with Gasteiger partial charge in [-0.2, -0.15) is 13.2 Å². The lowest BCUT2D eigenvalue weighted by Gasteiger charge is -2.08. The molecule has 0 aliphatic rings. The van der Waals surface area contributed by atoms with Gasteiger partial charge in [-0.05, 0) is 24.6 Å². The topological polar surface area (TPSA) is 26.3 Å². The maximum absolute atomic E-state index is 12.9. The van der Waals surface area contributed by atoms with E-state index in [1.54, 1.807) is 6.92 Å². The molecule has 0 amide bonds. The van der Waals surface area contributed by atoms with E-state index in [-0.39, 0.29) is 18.6 Å². The SMILES string of the molecule is Cc1ccc(F)cc1C(=O)CCOCC(F)(F)F. The number of ether oxygens (including phenoxy) is 1. The van der Waals surface area contributed by atoms with Crippen LogP contribution in [0.5, 0.6) is 0 Å². The summed E-state index contributed by atoms with van der Waals surface area (Å²) in [5, 5.41) is 0. The molecule has 6 heteroatoms. The van der Waals surface area contributed by atoms with Crippen LogP contribution in [0, 0.1) is 12.7 Å². The zero-order chi connectivity index (χ0) is 13.8. The minimum absolute atomic E-state index is 0.172. The van der Waals surface area contributed by atoms with Crippen molar-refractivity contribution in [3.05, 3.63) is 35.1 Å². The molecule has 0 atom stereocenters. The Morgan fingerprint density at radius 3 is 2.61 bits per heavy atom. The molecule has 0 N–H and O–H groups in total. The molecule has 0 aliphatic heterocycles. The van der Waals surface area contributed by atoms with Gasteiger partial charge in [-0.1, -0.05) is 6.07 Å². The summed E-state index contributed by atoms with van der Waals surface area (Å²) in [6.45, 7) is -0.0973. The van der Waals surface area contributed by atoms with Gasteiger partial charge in [0.25, 0.3) is 0 Å². The largest absolute Gasteiger partial charge is 0.411 e. The molecule has 1 rings (SSSR count). The Morgan fingerprint density at radius 1 is 1.33 bits per heavy atom. The zero-order valence-corrected chi connectivity index (χ0v) is 9.68. The third-order valence-corrected chi connectivity index (χ3v) is 2.24. The van der Waals surface area contributed by atoms with E-state index in [0.29, 0.717) is 5.56 Å². The molecule has 0 aliphatic carbocycles. The fraction of sp³-hybridized carbons (Fsp3) is 0.417. The summed E-state index contributed by atoms with van der Waals surface area (Å²) in [4.78, 5) is 11.6. The standard InChI is InChI=1S/C12H12F4O2/c1-8-2-3-9(13)6-10(8)11(17)4-5-18-7-12(14,15)16/h2-3,6H,4-5,7H2,1H3. The Hall–Kier alpha value is -1.43. The Balaban J connectivity index is 2.48. The molecule has 2 nitrogen and oxygen atoms in total. The number of carbonyl (C=O) groups is 1.